The monoisotopic (exact) mass is 314 g/mol. The molecule has 0 bridgehead atoms. The van der Waals surface area contributed by atoms with Crippen molar-refractivity contribution in [1.29, 1.82) is 0 Å². The van der Waals surface area contributed by atoms with Crippen molar-refractivity contribution < 1.29 is 19.1 Å². The molecule has 0 fully saturated rings. The van der Waals surface area contributed by atoms with E-state index in [1.54, 1.807) is 0 Å². The highest BCUT2D eigenvalue weighted by atomic mass is 16.6. The van der Waals surface area contributed by atoms with Gasteiger partial charge in [0.1, 0.15) is 0 Å². The van der Waals surface area contributed by atoms with Crippen molar-refractivity contribution in [3.8, 4) is 0 Å². The zero-order chi connectivity index (χ0) is 16.6. The maximum atomic E-state index is 12.0. The molecular formula is C18H34O4. The molecule has 0 aliphatic carbocycles. The lowest BCUT2D eigenvalue weighted by Gasteiger charge is -2.15. The minimum atomic E-state index is -0.742. The lowest BCUT2D eigenvalue weighted by molar-refractivity contribution is -0.162. The van der Waals surface area contributed by atoms with Crippen molar-refractivity contribution in [2.24, 2.45) is 5.92 Å². The van der Waals surface area contributed by atoms with Crippen molar-refractivity contribution in [3.63, 3.8) is 0 Å². The van der Waals surface area contributed by atoms with Crippen molar-refractivity contribution in [1.82, 2.24) is 0 Å². The maximum Gasteiger partial charge on any atom is 0.320 e. The molecule has 0 spiro atoms. The van der Waals surface area contributed by atoms with E-state index in [0.717, 1.165) is 25.7 Å². The fourth-order valence-corrected chi connectivity index (χ4v) is 2.24. The molecule has 0 heterocycles. The van der Waals surface area contributed by atoms with E-state index in [2.05, 4.69) is 6.92 Å². The highest BCUT2D eigenvalue weighted by Crippen LogP contribution is 2.16. The minimum Gasteiger partial charge on any atom is -0.465 e. The fraction of sp³-hybridized carbons (Fsp3) is 0.889. The Morgan fingerprint density at radius 3 is 1.59 bits per heavy atom. The number of hydrogen-bond donors (Lipinski definition) is 0. The highest BCUT2D eigenvalue weighted by molar-refractivity contribution is 5.94. The van der Waals surface area contributed by atoms with Gasteiger partial charge < -0.3 is 9.47 Å². The molecule has 0 N–H and O–H groups in total. The van der Waals surface area contributed by atoms with Crippen LogP contribution in [-0.2, 0) is 19.1 Å². The summed E-state index contributed by atoms with van der Waals surface area (Å²) in [4.78, 5) is 24.0. The van der Waals surface area contributed by atoms with Crippen LogP contribution in [0.3, 0.4) is 0 Å². The van der Waals surface area contributed by atoms with E-state index in [-0.39, 0.29) is 0 Å². The van der Waals surface area contributed by atoms with Crippen LogP contribution < -0.4 is 0 Å². The summed E-state index contributed by atoms with van der Waals surface area (Å²) >= 11 is 0. The molecular weight excluding hydrogens is 280 g/mol. The maximum absolute atomic E-state index is 12.0. The number of rotatable bonds is 14. The zero-order valence-corrected chi connectivity index (χ0v) is 14.7. The third kappa shape index (κ3) is 10.6. The molecule has 0 rings (SSSR count). The lowest BCUT2D eigenvalue weighted by Crippen LogP contribution is -2.28. The number of ether oxygens (including phenoxy) is 2. The SMILES string of the molecule is CCCCCCCCCC(C(=O)OCCC)C(=O)OCCC. The number of unbranched alkanes of at least 4 members (excludes halogenated alkanes) is 6. The molecule has 0 unspecified atom stereocenters. The fourth-order valence-electron chi connectivity index (χ4n) is 2.24. The van der Waals surface area contributed by atoms with E-state index in [9.17, 15) is 9.59 Å². The second-order valence-corrected chi connectivity index (χ2v) is 5.80. The molecule has 0 aliphatic heterocycles. The van der Waals surface area contributed by atoms with Gasteiger partial charge in [-0.1, -0.05) is 65.7 Å². The standard InChI is InChI=1S/C18H34O4/c1-4-7-8-9-10-11-12-13-16(17(19)21-14-5-2)18(20)22-15-6-3/h16H,4-15H2,1-3H3. The molecule has 0 saturated heterocycles. The summed E-state index contributed by atoms with van der Waals surface area (Å²) in [6.07, 6.45) is 10.2. The van der Waals surface area contributed by atoms with Crippen molar-refractivity contribution in [3.05, 3.63) is 0 Å². The van der Waals surface area contributed by atoms with Crippen LogP contribution >= 0.6 is 0 Å². The third-order valence-electron chi connectivity index (χ3n) is 3.56. The largest absolute Gasteiger partial charge is 0.465 e. The summed E-state index contributed by atoms with van der Waals surface area (Å²) in [7, 11) is 0. The Hall–Kier alpha value is -1.06. The van der Waals surface area contributed by atoms with Gasteiger partial charge in [0, 0.05) is 0 Å². The summed E-state index contributed by atoms with van der Waals surface area (Å²) in [5.74, 6) is -1.59. The average molecular weight is 314 g/mol. The van der Waals surface area contributed by atoms with Crippen molar-refractivity contribution >= 4 is 11.9 Å². The number of hydrogen-bond acceptors (Lipinski definition) is 4. The van der Waals surface area contributed by atoms with Crippen LogP contribution in [0.2, 0.25) is 0 Å². The second-order valence-electron chi connectivity index (χ2n) is 5.80. The Morgan fingerprint density at radius 2 is 1.14 bits per heavy atom. The molecule has 4 heteroatoms. The van der Waals surface area contributed by atoms with Crippen LogP contribution in [0.15, 0.2) is 0 Å². The predicted molar refractivity (Wildman–Crippen MR) is 88.6 cm³/mol. The average Bonchev–Trinajstić information content (AvgIpc) is 2.53. The van der Waals surface area contributed by atoms with Gasteiger partial charge in [-0.05, 0) is 19.3 Å². The molecule has 0 amide bonds. The minimum absolute atomic E-state index is 0.368. The van der Waals surface area contributed by atoms with Crippen LogP contribution in [0.25, 0.3) is 0 Å². The van der Waals surface area contributed by atoms with Gasteiger partial charge in [0.25, 0.3) is 0 Å². The number of carbonyl (C=O) groups excluding carboxylic acids is 2. The molecule has 0 aromatic rings. The van der Waals surface area contributed by atoms with Gasteiger partial charge >= 0.3 is 11.9 Å². The lowest BCUT2D eigenvalue weighted by atomic mass is 10.00. The van der Waals surface area contributed by atoms with Gasteiger partial charge in [0.05, 0.1) is 13.2 Å². The highest BCUT2D eigenvalue weighted by Gasteiger charge is 2.28. The summed E-state index contributed by atoms with van der Waals surface area (Å²) in [5, 5.41) is 0. The molecule has 22 heavy (non-hydrogen) atoms. The number of esters is 2. The van der Waals surface area contributed by atoms with Crippen LogP contribution in [0.5, 0.6) is 0 Å². The van der Waals surface area contributed by atoms with Crippen LogP contribution in [0.1, 0.15) is 85.0 Å². The molecule has 0 aromatic heterocycles. The van der Waals surface area contributed by atoms with E-state index in [0.29, 0.717) is 19.6 Å². The van der Waals surface area contributed by atoms with E-state index < -0.39 is 17.9 Å². The first-order valence-electron chi connectivity index (χ1n) is 9.00. The smallest absolute Gasteiger partial charge is 0.320 e. The van der Waals surface area contributed by atoms with Crippen LogP contribution in [0, 0.1) is 5.92 Å². The van der Waals surface area contributed by atoms with Crippen LogP contribution in [-0.4, -0.2) is 25.2 Å². The summed E-state index contributed by atoms with van der Waals surface area (Å²) in [5.41, 5.74) is 0. The van der Waals surface area contributed by atoms with Gasteiger partial charge in [0.2, 0.25) is 0 Å². The predicted octanol–water partition coefficient (Wildman–Crippen LogP) is 4.65. The first-order valence-corrected chi connectivity index (χ1v) is 9.00. The first-order chi connectivity index (χ1) is 10.7. The molecule has 0 aromatic carbocycles. The van der Waals surface area contributed by atoms with E-state index in [1.165, 1.54) is 32.1 Å². The summed E-state index contributed by atoms with van der Waals surface area (Å²) in [6.45, 7) is 6.82. The third-order valence-corrected chi connectivity index (χ3v) is 3.56. The van der Waals surface area contributed by atoms with E-state index >= 15 is 0 Å². The van der Waals surface area contributed by atoms with Gasteiger partial charge in [0.15, 0.2) is 5.92 Å². The molecule has 130 valence electrons. The Bertz CT molecular complexity index is 269. The van der Waals surface area contributed by atoms with Crippen molar-refractivity contribution in [2.75, 3.05) is 13.2 Å². The number of carbonyl (C=O) groups is 2. The Balaban J connectivity index is 4.11. The van der Waals surface area contributed by atoms with Crippen molar-refractivity contribution in [2.45, 2.75) is 85.0 Å². The second kappa shape index (κ2) is 14.9. The zero-order valence-electron chi connectivity index (χ0n) is 14.7. The van der Waals surface area contributed by atoms with Gasteiger partial charge in [-0.3, -0.25) is 9.59 Å². The topological polar surface area (TPSA) is 52.6 Å². The normalized spacial score (nSPS) is 10.7. The van der Waals surface area contributed by atoms with Gasteiger partial charge in [-0.15, -0.1) is 0 Å². The van der Waals surface area contributed by atoms with Crippen LogP contribution in [0.4, 0.5) is 0 Å². The van der Waals surface area contributed by atoms with E-state index in [4.69, 9.17) is 9.47 Å². The Kier molecular flexibility index (Phi) is 14.1. The Labute approximate surface area is 135 Å². The molecule has 0 saturated carbocycles. The molecule has 0 aliphatic rings. The quantitative estimate of drug-likeness (QED) is 0.266. The van der Waals surface area contributed by atoms with E-state index in [1.807, 2.05) is 13.8 Å². The molecule has 4 nitrogen and oxygen atoms in total. The summed E-state index contributed by atoms with van der Waals surface area (Å²) < 4.78 is 10.2. The van der Waals surface area contributed by atoms with Gasteiger partial charge in [-0.25, -0.2) is 0 Å². The molecule has 0 radical (unpaired) electrons. The van der Waals surface area contributed by atoms with Gasteiger partial charge in [-0.2, -0.15) is 0 Å². The molecule has 0 atom stereocenters. The Morgan fingerprint density at radius 1 is 0.682 bits per heavy atom. The summed E-state index contributed by atoms with van der Waals surface area (Å²) in [6, 6.07) is 0. The first kappa shape index (κ1) is 20.9.